The highest BCUT2D eigenvalue weighted by Gasteiger charge is 2.19. The van der Waals surface area contributed by atoms with Crippen molar-refractivity contribution in [3.8, 4) is 0 Å². The van der Waals surface area contributed by atoms with E-state index < -0.39 is 17.9 Å². The van der Waals surface area contributed by atoms with Crippen LogP contribution in [-0.2, 0) is 4.79 Å². The molecule has 3 N–H and O–H groups in total. The maximum atomic E-state index is 12.0. The number of hydrogen-bond acceptors (Lipinski definition) is 4. The summed E-state index contributed by atoms with van der Waals surface area (Å²) in [4.78, 5) is 31.4. The Morgan fingerprint density at radius 3 is 2.55 bits per heavy atom. The van der Waals surface area contributed by atoms with E-state index in [0.29, 0.717) is 17.8 Å². The van der Waals surface area contributed by atoms with Gasteiger partial charge < -0.3 is 11.1 Å². The van der Waals surface area contributed by atoms with Gasteiger partial charge in [-0.15, -0.1) is 0 Å². The molecule has 0 unspecified atom stereocenters. The fourth-order valence-electron chi connectivity index (χ4n) is 1.64. The van der Waals surface area contributed by atoms with E-state index in [0.717, 1.165) is 6.42 Å². The third-order valence-electron chi connectivity index (χ3n) is 2.67. The lowest BCUT2D eigenvalue weighted by Crippen LogP contribution is -2.44. The summed E-state index contributed by atoms with van der Waals surface area (Å²) in [6.07, 6.45) is 5.54. The van der Waals surface area contributed by atoms with Gasteiger partial charge in [0.25, 0.3) is 5.91 Å². The predicted octanol–water partition coefficient (Wildman–Crippen LogP) is 1.15. The molecule has 1 rings (SSSR count). The average Bonchev–Trinajstić information content (AvgIpc) is 2.45. The number of rotatable bonds is 7. The second-order valence-electron chi connectivity index (χ2n) is 4.15. The minimum absolute atomic E-state index is 0.104. The second kappa shape index (κ2) is 7.18. The lowest BCUT2D eigenvalue weighted by atomic mass is 10.1. The van der Waals surface area contributed by atoms with Crippen LogP contribution in [0.3, 0.4) is 0 Å². The van der Waals surface area contributed by atoms with Crippen LogP contribution in [0.25, 0.3) is 12.2 Å². The van der Waals surface area contributed by atoms with Crippen LogP contribution < -0.4 is 11.1 Å². The number of nitrogens with two attached hydrogens (primary N) is 1. The Kier molecular flexibility index (Phi) is 5.58. The van der Waals surface area contributed by atoms with Crippen LogP contribution >= 0.6 is 0 Å². The molecule has 1 heterocycles. The number of hydrogen-bond donors (Lipinski definition) is 2. The number of primary amides is 1. The average molecular weight is 274 g/mol. The number of amides is 2. The molecule has 1 aromatic rings. The maximum absolute atomic E-state index is 12.0. The highest BCUT2D eigenvalue weighted by atomic mass is 16.2. The zero-order valence-electron chi connectivity index (χ0n) is 11.4. The molecule has 0 saturated heterocycles. The van der Waals surface area contributed by atoms with E-state index in [1.807, 2.05) is 6.92 Å². The van der Waals surface area contributed by atoms with Gasteiger partial charge >= 0.3 is 0 Å². The first-order chi connectivity index (χ1) is 9.53. The van der Waals surface area contributed by atoms with Gasteiger partial charge in [0, 0.05) is 0 Å². The van der Waals surface area contributed by atoms with Crippen LogP contribution in [-0.4, -0.2) is 27.8 Å². The molecule has 20 heavy (non-hydrogen) atoms. The highest BCUT2D eigenvalue weighted by Crippen LogP contribution is 2.07. The number of nitrogens with zero attached hydrogens (tertiary/aromatic N) is 2. The van der Waals surface area contributed by atoms with Crippen LogP contribution in [0.4, 0.5) is 0 Å². The summed E-state index contributed by atoms with van der Waals surface area (Å²) in [7, 11) is 0. The summed E-state index contributed by atoms with van der Waals surface area (Å²) in [5.41, 5.74) is 6.33. The molecule has 1 atom stereocenters. The van der Waals surface area contributed by atoms with E-state index in [1.54, 1.807) is 0 Å². The van der Waals surface area contributed by atoms with E-state index >= 15 is 0 Å². The third-order valence-corrected chi connectivity index (χ3v) is 2.67. The second-order valence-corrected chi connectivity index (χ2v) is 4.15. The monoisotopic (exact) mass is 274 g/mol. The Morgan fingerprint density at radius 2 is 2.05 bits per heavy atom. The Bertz CT molecular complexity index is 540. The fraction of sp³-hybridized carbons (Fsp3) is 0.286. The van der Waals surface area contributed by atoms with Crippen LogP contribution in [0.2, 0.25) is 0 Å². The SMILES string of the molecule is C=Cc1ncc(C(=O)N[C@@H](CCC)C(N)=O)nc1C=C. The van der Waals surface area contributed by atoms with E-state index in [9.17, 15) is 9.59 Å². The van der Waals surface area contributed by atoms with Gasteiger partial charge in [-0.3, -0.25) is 14.6 Å². The van der Waals surface area contributed by atoms with Crippen molar-refractivity contribution in [2.75, 3.05) is 0 Å². The van der Waals surface area contributed by atoms with Crippen LogP contribution in [0.15, 0.2) is 19.4 Å². The summed E-state index contributed by atoms with van der Waals surface area (Å²) in [6.45, 7) is 9.10. The number of nitrogens with one attached hydrogen (secondary N) is 1. The molecule has 0 saturated carbocycles. The van der Waals surface area contributed by atoms with Crippen molar-refractivity contribution in [2.45, 2.75) is 25.8 Å². The summed E-state index contributed by atoms with van der Waals surface area (Å²) < 4.78 is 0. The summed E-state index contributed by atoms with van der Waals surface area (Å²) in [5, 5.41) is 2.55. The van der Waals surface area contributed by atoms with Gasteiger partial charge in [0.2, 0.25) is 5.91 Å². The Hall–Kier alpha value is -2.50. The van der Waals surface area contributed by atoms with E-state index in [-0.39, 0.29) is 5.69 Å². The quantitative estimate of drug-likeness (QED) is 0.779. The van der Waals surface area contributed by atoms with Gasteiger partial charge in [0.15, 0.2) is 0 Å². The topological polar surface area (TPSA) is 98.0 Å². The first kappa shape index (κ1) is 15.6. The van der Waals surface area contributed by atoms with Crippen LogP contribution in [0, 0.1) is 0 Å². The normalized spacial score (nSPS) is 11.4. The van der Waals surface area contributed by atoms with Crippen LogP contribution in [0.5, 0.6) is 0 Å². The van der Waals surface area contributed by atoms with Crippen molar-refractivity contribution < 1.29 is 9.59 Å². The molecular formula is C14H18N4O2. The van der Waals surface area contributed by atoms with Gasteiger partial charge in [-0.05, 0) is 18.6 Å². The first-order valence-corrected chi connectivity index (χ1v) is 6.25. The summed E-state index contributed by atoms with van der Waals surface area (Å²) in [5.74, 6) is -1.06. The van der Waals surface area contributed by atoms with Crippen molar-refractivity contribution in [1.82, 2.24) is 15.3 Å². The molecule has 0 bridgehead atoms. The largest absolute Gasteiger partial charge is 0.368 e. The molecular weight excluding hydrogens is 256 g/mol. The summed E-state index contributed by atoms with van der Waals surface area (Å²) >= 11 is 0. The smallest absolute Gasteiger partial charge is 0.272 e. The van der Waals surface area contributed by atoms with Gasteiger partial charge in [0.05, 0.1) is 17.6 Å². The van der Waals surface area contributed by atoms with Crippen molar-refractivity contribution >= 4 is 24.0 Å². The molecule has 0 spiro atoms. The molecule has 6 nitrogen and oxygen atoms in total. The first-order valence-electron chi connectivity index (χ1n) is 6.25. The van der Waals surface area contributed by atoms with Crippen molar-refractivity contribution in [3.05, 3.63) is 36.4 Å². The molecule has 0 aromatic carbocycles. The molecule has 2 amide bonds. The molecule has 6 heteroatoms. The van der Waals surface area contributed by atoms with Crippen molar-refractivity contribution in [2.24, 2.45) is 5.73 Å². The van der Waals surface area contributed by atoms with E-state index in [4.69, 9.17) is 5.73 Å². The van der Waals surface area contributed by atoms with Gasteiger partial charge in [-0.25, -0.2) is 4.98 Å². The Balaban J connectivity index is 2.94. The molecule has 0 aliphatic carbocycles. The maximum Gasteiger partial charge on any atom is 0.272 e. The van der Waals surface area contributed by atoms with Crippen molar-refractivity contribution in [3.63, 3.8) is 0 Å². The van der Waals surface area contributed by atoms with E-state index in [2.05, 4.69) is 28.4 Å². The van der Waals surface area contributed by atoms with Crippen LogP contribution in [0.1, 0.15) is 41.6 Å². The zero-order chi connectivity index (χ0) is 15.1. The molecule has 1 aromatic heterocycles. The van der Waals surface area contributed by atoms with Gasteiger partial charge in [0.1, 0.15) is 11.7 Å². The predicted molar refractivity (Wildman–Crippen MR) is 77.6 cm³/mol. The lowest BCUT2D eigenvalue weighted by molar-refractivity contribution is -0.120. The van der Waals surface area contributed by atoms with Gasteiger partial charge in [-0.2, -0.15) is 0 Å². The standard InChI is InChI=1S/C14H18N4O2/c1-4-7-11(13(15)19)18-14(20)12-8-16-9(5-2)10(6-3)17-12/h5-6,8,11H,2-4,7H2,1H3,(H2,15,19)(H,18,20)/t11-/m0/s1. The number of carbonyl (C=O) groups is 2. The molecule has 0 aliphatic heterocycles. The fourth-order valence-corrected chi connectivity index (χ4v) is 1.64. The molecule has 106 valence electrons. The molecule has 0 aliphatic rings. The van der Waals surface area contributed by atoms with Crippen molar-refractivity contribution in [1.29, 1.82) is 0 Å². The third kappa shape index (κ3) is 3.74. The highest BCUT2D eigenvalue weighted by molar-refractivity contribution is 5.95. The Labute approximate surface area is 117 Å². The Morgan fingerprint density at radius 1 is 1.40 bits per heavy atom. The molecule has 0 radical (unpaired) electrons. The minimum atomic E-state index is -0.708. The minimum Gasteiger partial charge on any atom is -0.368 e. The van der Waals surface area contributed by atoms with E-state index in [1.165, 1.54) is 18.3 Å². The van der Waals surface area contributed by atoms with Gasteiger partial charge in [-0.1, -0.05) is 26.5 Å². The number of carbonyl (C=O) groups excluding carboxylic acids is 2. The lowest BCUT2D eigenvalue weighted by Gasteiger charge is -2.14. The zero-order valence-corrected chi connectivity index (χ0v) is 11.4. The molecule has 0 fully saturated rings. The summed E-state index contributed by atoms with van der Waals surface area (Å²) in [6, 6.07) is -0.708. The number of aromatic nitrogens is 2.